The molecular weight excluding hydrogens is 575 g/mol. The van der Waals surface area contributed by atoms with Crippen molar-refractivity contribution < 1.29 is 9.53 Å². The van der Waals surface area contributed by atoms with Gasteiger partial charge in [0.2, 0.25) is 0 Å². The first-order chi connectivity index (χ1) is 20.9. The van der Waals surface area contributed by atoms with Gasteiger partial charge in [-0.1, -0.05) is 59.8 Å². The Morgan fingerprint density at radius 1 is 0.907 bits per heavy atom. The molecule has 0 fully saturated rings. The van der Waals surface area contributed by atoms with E-state index in [9.17, 15) is 9.59 Å². The van der Waals surface area contributed by atoms with E-state index in [1.807, 2.05) is 118 Å². The fourth-order valence-electron chi connectivity index (χ4n) is 5.33. The number of aromatic nitrogens is 3. The summed E-state index contributed by atoms with van der Waals surface area (Å²) in [5, 5.41) is 3.08. The van der Waals surface area contributed by atoms with E-state index in [4.69, 9.17) is 9.72 Å². The highest BCUT2D eigenvalue weighted by Crippen LogP contribution is 2.33. The van der Waals surface area contributed by atoms with Crippen LogP contribution in [-0.2, 0) is 0 Å². The number of fused-ring (bicyclic) bond motifs is 1. The van der Waals surface area contributed by atoms with Crippen LogP contribution in [0.5, 0.6) is 5.75 Å². The van der Waals surface area contributed by atoms with Crippen LogP contribution in [0.3, 0.4) is 0 Å². The molecule has 0 bridgehead atoms. The topological polar surface area (TPSA) is 66.1 Å². The van der Waals surface area contributed by atoms with E-state index < -0.39 is 0 Å². The van der Waals surface area contributed by atoms with Gasteiger partial charge in [-0.3, -0.25) is 14.2 Å². The molecular formula is C35H31N3O3S2. The first-order valence-corrected chi connectivity index (χ1v) is 16.0. The third kappa shape index (κ3) is 5.56. The molecule has 6 rings (SSSR count). The number of thioether (sulfide) groups is 1. The minimum atomic E-state index is -0.142. The van der Waals surface area contributed by atoms with Crippen molar-refractivity contribution in [1.29, 1.82) is 0 Å². The highest BCUT2D eigenvalue weighted by atomic mass is 32.2. The van der Waals surface area contributed by atoms with E-state index >= 15 is 0 Å². The Hall–Kier alpha value is -4.40. The summed E-state index contributed by atoms with van der Waals surface area (Å²) in [6.45, 7) is 8.57. The summed E-state index contributed by atoms with van der Waals surface area (Å²) in [7, 11) is 0. The van der Waals surface area contributed by atoms with Crippen LogP contribution in [0, 0.1) is 20.8 Å². The number of para-hydroxylation sites is 1. The molecule has 0 radical (unpaired) electrons. The minimum Gasteiger partial charge on any atom is -0.494 e. The Morgan fingerprint density at radius 3 is 2.30 bits per heavy atom. The fourth-order valence-corrected chi connectivity index (χ4v) is 7.21. The molecule has 0 aliphatic carbocycles. The van der Waals surface area contributed by atoms with E-state index in [0.29, 0.717) is 33.2 Å². The lowest BCUT2D eigenvalue weighted by Crippen LogP contribution is -2.22. The third-order valence-corrected chi connectivity index (χ3v) is 9.23. The molecule has 216 valence electrons. The molecule has 6 aromatic rings. The average molecular weight is 606 g/mol. The number of ketones is 1. The molecule has 3 aromatic heterocycles. The van der Waals surface area contributed by atoms with Gasteiger partial charge in [0.05, 0.1) is 23.4 Å². The lowest BCUT2D eigenvalue weighted by molar-refractivity contribution is 0.102. The van der Waals surface area contributed by atoms with Gasteiger partial charge in [-0.25, -0.2) is 4.98 Å². The molecule has 8 heteroatoms. The van der Waals surface area contributed by atoms with Crippen molar-refractivity contribution in [2.45, 2.75) is 32.9 Å². The molecule has 0 aliphatic rings. The molecule has 0 atom stereocenters. The molecule has 0 spiro atoms. The van der Waals surface area contributed by atoms with E-state index in [2.05, 4.69) is 4.57 Å². The van der Waals surface area contributed by atoms with Crippen LogP contribution in [0.2, 0.25) is 0 Å². The summed E-state index contributed by atoms with van der Waals surface area (Å²) in [4.78, 5) is 33.3. The Balaban J connectivity index is 1.35. The number of benzene rings is 3. The van der Waals surface area contributed by atoms with Crippen molar-refractivity contribution >= 4 is 39.1 Å². The molecule has 0 aliphatic heterocycles. The molecule has 3 heterocycles. The van der Waals surface area contributed by atoms with Gasteiger partial charge >= 0.3 is 0 Å². The summed E-state index contributed by atoms with van der Waals surface area (Å²) < 4.78 is 9.30. The monoisotopic (exact) mass is 605 g/mol. The number of carbonyl (C=O) groups excluding carboxylic acids is 1. The number of ether oxygens (including phenoxy) is 1. The first-order valence-electron chi connectivity index (χ1n) is 14.1. The SMILES string of the molecule is CCOc1ccc(-n2c(C)cc(C(=O)CSc3nc4scc(-c5ccc(C)cc5)c4c(=O)n3-c3ccccc3)c2C)cc1. The van der Waals surface area contributed by atoms with E-state index in [1.54, 1.807) is 4.57 Å². The molecule has 0 unspecified atom stereocenters. The van der Waals surface area contributed by atoms with Crippen LogP contribution in [0.4, 0.5) is 0 Å². The number of rotatable bonds is 9. The van der Waals surface area contributed by atoms with Crippen molar-refractivity contribution in [3.8, 4) is 28.3 Å². The quantitative estimate of drug-likeness (QED) is 0.0944. The second-order valence-corrected chi connectivity index (χ2v) is 12.1. The zero-order chi connectivity index (χ0) is 30.1. The zero-order valence-corrected chi connectivity index (χ0v) is 26.1. The minimum absolute atomic E-state index is 0.0178. The molecule has 0 N–H and O–H groups in total. The molecule has 43 heavy (non-hydrogen) atoms. The predicted octanol–water partition coefficient (Wildman–Crippen LogP) is 8.20. The Labute approximate surface area is 258 Å². The van der Waals surface area contributed by atoms with E-state index in [-0.39, 0.29) is 17.1 Å². The number of thiophene rings is 1. The van der Waals surface area contributed by atoms with Crippen LogP contribution in [-0.4, -0.2) is 32.3 Å². The second-order valence-electron chi connectivity index (χ2n) is 10.3. The van der Waals surface area contributed by atoms with Gasteiger partial charge in [0.15, 0.2) is 10.9 Å². The van der Waals surface area contributed by atoms with Crippen molar-refractivity contribution in [1.82, 2.24) is 14.1 Å². The summed E-state index contributed by atoms with van der Waals surface area (Å²) in [5.74, 6) is 0.942. The summed E-state index contributed by atoms with van der Waals surface area (Å²) in [6.07, 6.45) is 0. The van der Waals surface area contributed by atoms with Crippen LogP contribution >= 0.6 is 23.1 Å². The van der Waals surface area contributed by atoms with E-state index in [0.717, 1.165) is 39.5 Å². The van der Waals surface area contributed by atoms with Gasteiger partial charge in [-0.15, -0.1) is 11.3 Å². The maximum atomic E-state index is 14.1. The Bertz CT molecular complexity index is 1990. The average Bonchev–Trinajstić information content (AvgIpc) is 3.57. The maximum Gasteiger partial charge on any atom is 0.268 e. The summed E-state index contributed by atoms with van der Waals surface area (Å²) >= 11 is 2.74. The normalized spacial score (nSPS) is 11.3. The molecule has 0 amide bonds. The third-order valence-electron chi connectivity index (χ3n) is 7.42. The summed E-state index contributed by atoms with van der Waals surface area (Å²) in [6, 6.07) is 27.5. The lowest BCUT2D eigenvalue weighted by atomic mass is 10.1. The lowest BCUT2D eigenvalue weighted by Gasteiger charge is -2.13. The van der Waals surface area contributed by atoms with Crippen molar-refractivity contribution in [2.75, 3.05) is 12.4 Å². The zero-order valence-electron chi connectivity index (χ0n) is 24.5. The van der Waals surface area contributed by atoms with Gasteiger partial charge < -0.3 is 9.30 Å². The molecule has 3 aromatic carbocycles. The Morgan fingerprint density at radius 2 is 1.60 bits per heavy atom. The van der Waals surface area contributed by atoms with Gasteiger partial charge in [0.25, 0.3) is 5.56 Å². The number of hydrogen-bond acceptors (Lipinski definition) is 6. The van der Waals surface area contributed by atoms with Gasteiger partial charge in [0, 0.05) is 33.6 Å². The van der Waals surface area contributed by atoms with E-state index in [1.165, 1.54) is 23.1 Å². The molecule has 6 nitrogen and oxygen atoms in total. The molecule has 0 saturated heterocycles. The number of nitrogens with zero attached hydrogens (tertiary/aromatic N) is 3. The number of carbonyl (C=O) groups is 1. The van der Waals surface area contributed by atoms with Gasteiger partial charge in [-0.2, -0.15) is 0 Å². The standard InChI is InChI=1S/C35H31N3O3S2/c1-5-41-28-17-15-27(16-18-28)37-23(3)19-29(24(37)4)31(39)21-43-35-36-33-32(34(40)38(35)26-9-7-6-8-10-26)30(20-42-33)25-13-11-22(2)12-14-25/h6-20H,5,21H2,1-4H3. The Kier molecular flexibility index (Phi) is 8.06. The van der Waals surface area contributed by atoms with Crippen LogP contribution in [0.15, 0.2) is 100 Å². The van der Waals surface area contributed by atoms with Crippen molar-refractivity contribution in [3.05, 3.63) is 123 Å². The smallest absolute Gasteiger partial charge is 0.268 e. The summed E-state index contributed by atoms with van der Waals surface area (Å²) in [5.41, 5.74) is 7.05. The predicted molar refractivity (Wildman–Crippen MR) is 177 cm³/mol. The van der Waals surface area contributed by atoms with Crippen LogP contribution < -0.4 is 10.3 Å². The van der Waals surface area contributed by atoms with Crippen molar-refractivity contribution in [3.63, 3.8) is 0 Å². The second kappa shape index (κ2) is 12.1. The highest BCUT2D eigenvalue weighted by molar-refractivity contribution is 7.99. The number of aryl methyl sites for hydroxylation is 2. The molecule has 0 saturated carbocycles. The maximum absolute atomic E-state index is 14.1. The van der Waals surface area contributed by atoms with Crippen LogP contribution in [0.1, 0.15) is 34.2 Å². The largest absolute Gasteiger partial charge is 0.494 e. The first kappa shape index (κ1) is 28.7. The fraction of sp³-hybridized carbons (Fsp3) is 0.171. The number of hydrogen-bond donors (Lipinski definition) is 0. The highest BCUT2D eigenvalue weighted by Gasteiger charge is 2.21. The van der Waals surface area contributed by atoms with Crippen LogP contribution in [0.25, 0.3) is 32.7 Å². The van der Waals surface area contributed by atoms with Gasteiger partial charge in [-0.05, 0) is 75.7 Å². The van der Waals surface area contributed by atoms with Gasteiger partial charge in [0.1, 0.15) is 10.6 Å². The number of Topliss-reactive ketones (excluding diaryl/α,β-unsaturated/α-hetero) is 1. The van der Waals surface area contributed by atoms with Crippen molar-refractivity contribution in [2.24, 2.45) is 0 Å².